The van der Waals surface area contributed by atoms with Crippen molar-refractivity contribution in [1.29, 1.82) is 0 Å². The minimum absolute atomic E-state index is 0.0686. The van der Waals surface area contributed by atoms with Crippen LogP contribution in [0.25, 0.3) is 0 Å². The molecule has 1 fully saturated rings. The molecule has 1 saturated heterocycles. The molecule has 2 rings (SSSR count). The van der Waals surface area contributed by atoms with Gasteiger partial charge in [0.15, 0.2) is 5.60 Å². The van der Waals surface area contributed by atoms with Crippen LogP contribution in [0.2, 0.25) is 0 Å². The molecule has 1 heterocycles. The molecule has 1 amide bonds. The molecule has 180 valence electrons. The maximum absolute atomic E-state index is 12.9. The maximum atomic E-state index is 12.9. The van der Waals surface area contributed by atoms with Gasteiger partial charge in [-0.05, 0) is 51.0 Å². The fraction of sp³-hybridized carbons (Fsp3) is 0.680. The van der Waals surface area contributed by atoms with Crippen LogP contribution < -0.4 is 5.32 Å². The number of amides is 1. The summed E-state index contributed by atoms with van der Waals surface area (Å²) in [5.41, 5.74) is 0.563. The molecular weight excluding hydrogens is 410 g/mol. The molecule has 0 unspecified atom stereocenters. The molecule has 0 radical (unpaired) electrons. The highest BCUT2D eigenvalue weighted by atomic mass is 16.5. The molecule has 0 aromatic rings. The van der Waals surface area contributed by atoms with E-state index in [9.17, 15) is 24.9 Å². The van der Waals surface area contributed by atoms with Crippen molar-refractivity contribution in [3.05, 3.63) is 35.5 Å². The van der Waals surface area contributed by atoms with Crippen molar-refractivity contribution in [1.82, 2.24) is 5.32 Å². The lowest BCUT2D eigenvalue weighted by molar-refractivity contribution is -0.143. The molecule has 7 atom stereocenters. The van der Waals surface area contributed by atoms with E-state index in [-0.39, 0.29) is 30.2 Å². The summed E-state index contributed by atoms with van der Waals surface area (Å²) in [6.07, 6.45) is 5.48. The second kappa shape index (κ2) is 10.8. The van der Waals surface area contributed by atoms with Gasteiger partial charge in [0.25, 0.3) is 5.91 Å². The first-order valence-corrected chi connectivity index (χ1v) is 11.4. The molecule has 0 spiro atoms. The first kappa shape index (κ1) is 26.3. The molecular formula is C25H39NO6. The predicted molar refractivity (Wildman–Crippen MR) is 122 cm³/mol. The number of allylic oxidation sites excluding steroid dienone is 2. The lowest BCUT2D eigenvalue weighted by Gasteiger charge is -2.42. The number of ether oxygens (including phenoxy) is 1. The van der Waals surface area contributed by atoms with Gasteiger partial charge in [-0.2, -0.15) is 0 Å². The van der Waals surface area contributed by atoms with Crippen molar-refractivity contribution < 1.29 is 29.6 Å². The molecule has 32 heavy (non-hydrogen) atoms. The fourth-order valence-electron chi connectivity index (χ4n) is 4.98. The number of hydrogen-bond donors (Lipinski definition) is 4. The zero-order chi connectivity index (χ0) is 24.2. The van der Waals surface area contributed by atoms with Gasteiger partial charge in [-0.25, -0.2) is 4.79 Å². The number of carbonyl (C=O) groups is 2. The molecule has 1 aliphatic carbocycles. The molecule has 0 bridgehead atoms. The highest BCUT2D eigenvalue weighted by Gasteiger charge is 2.60. The Morgan fingerprint density at radius 3 is 2.59 bits per heavy atom. The third-order valence-corrected chi connectivity index (χ3v) is 6.88. The Balaban J connectivity index is 2.15. The average Bonchev–Trinajstić information content (AvgIpc) is 2.98. The topological polar surface area (TPSA) is 116 Å². The molecule has 0 saturated carbocycles. The number of aliphatic hydroxyl groups excluding tert-OH is 2. The van der Waals surface area contributed by atoms with Gasteiger partial charge in [-0.15, -0.1) is 0 Å². The smallest absolute Gasteiger partial charge is 0.330 e. The Bertz CT molecular complexity index is 785. The lowest BCUT2D eigenvalue weighted by atomic mass is 9.63. The number of hydrogen-bond acceptors (Lipinski definition) is 6. The minimum Gasteiger partial charge on any atom is -0.466 e. The van der Waals surface area contributed by atoms with E-state index >= 15 is 0 Å². The zero-order valence-electron chi connectivity index (χ0n) is 20.0. The Morgan fingerprint density at radius 1 is 1.34 bits per heavy atom. The predicted octanol–water partition coefficient (Wildman–Crippen LogP) is 2.27. The summed E-state index contributed by atoms with van der Waals surface area (Å²) in [7, 11) is 1.24. The number of esters is 1. The first-order valence-electron chi connectivity index (χ1n) is 11.4. The molecule has 2 aliphatic rings. The third-order valence-electron chi connectivity index (χ3n) is 6.88. The van der Waals surface area contributed by atoms with Crippen molar-refractivity contribution in [2.45, 2.75) is 77.7 Å². The van der Waals surface area contributed by atoms with Crippen LogP contribution in [0, 0.1) is 23.7 Å². The van der Waals surface area contributed by atoms with Crippen LogP contribution in [0.15, 0.2) is 35.5 Å². The fourth-order valence-corrected chi connectivity index (χ4v) is 4.98. The summed E-state index contributed by atoms with van der Waals surface area (Å²) in [6, 6.07) is -0.0686. The van der Waals surface area contributed by atoms with E-state index in [1.165, 1.54) is 13.2 Å². The van der Waals surface area contributed by atoms with Crippen LogP contribution in [0.1, 0.15) is 53.9 Å². The SMILES string of the molecule is COC(=O)/C=C/[C@@H](O)[C@@H](O)CC/C(C)=C/[C@@H]1C=C(C)[C@H](C)[C@@H]2[C@H](CC(C)C)NC(=O)[C@@]21O. The number of aliphatic hydroxyl groups is 3. The second-order valence-corrected chi connectivity index (χ2v) is 9.78. The highest BCUT2D eigenvalue weighted by Crippen LogP contribution is 2.48. The molecule has 7 heteroatoms. The summed E-state index contributed by atoms with van der Waals surface area (Å²) < 4.78 is 4.47. The summed E-state index contributed by atoms with van der Waals surface area (Å²) in [5, 5.41) is 34.9. The summed E-state index contributed by atoms with van der Waals surface area (Å²) in [4.78, 5) is 24.1. The summed E-state index contributed by atoms with van der Waals surface area (Å²) in [5.74, 6) is -1.09. The van der Waals surface area contributed by atoms with Gasteiger partial charge in [0.05, 0.1) is 19.3 Å². The van der Waals surface area contributed by atoms with Gasteiger partial charge < -0.3 is 25.4 Å². The normalized spacial score (nSPS) is 32.5. The van der Waals surface area contributed by atoms with Gasteiger partial charge in [0.1, 0.15) is 0 Å². The minimum atomic E-state index is -1.50. The van der Waals surface area contributed by atoms with E-state index in [0.717, 1.165) is 23.6 Å². The van der Waals surface area contributed by atoms with E-state index < -0.39 is 29.7 Å². The van der Waals surface area contributed by atoms with Gasteiger partial charge >= 0.3 is 5.97 Å². The standard InChI is InChI=1S/C25H39NO6/c1-14(2)11-19-23-17(5)16(4)13-18(25(23,31)24(30)26-19)12-15(3)7-8-20(27)21(28)9-10-22(29)32-6/h9-10,12-14,17-21,23,27-28,31H,7-8,11H2,1-6H3,(H,26,30)/b10-9+,15-12+/t17-,18+,19-,20-,21+,23+,25-/m0/s1. The van der Waals surface area contributed by atoms with Gasteiger partial charge in [0, 0.05) is 24.0 Å². The number of methoxy groups -OCH3 is 1. The third kappa shape index (κ3) is 5.69. The summed E-state index contributed by atoms with van der Waals surface area (Å²) in [6.45, 7) is 10.2. The van der Waals surface area contributed by atoms with Crippen molar-refractivity contribution >= 4 is 11.9 Å². The van der Waals surface area contributed by atoms with E-state index in [1.54, 1.807) is 0 Å². The average molecular weight is 450 g/mol. The second-order valence-electron chi connectivity index (χ2n) is 9.78. The molecule has 4 N–H and O–H groups in total. The van der Waals surface area contributed by atoms with E-state index in [1.807, 2.05) is 26.0 Å². The van der Waals surface area contributed by atoms with E-state index in [2.05, 4.69) is 30.8 Å². The van der Waals surface area contributed by atoms with E-state index in [4.69, 9.17) is 0 Å². The zero-order valence-corrected chi connectivity index (χ0v) is 20.0. The number of fused-ring (bicyclic) bond motifs is 1. The highest BCUT2D eigenvalue weighted by molar-refractivity contribution is 5.90. The Morgan fingerprint density at radius 2 is 2.00 bits per heavy atom. The number of carbonyl (C=O) groups excluding carboxylic acids is 2. The van der Waals surface area contributed by atoms with Crippen molar-refractivity contribution in [2.24, 2.45) is 23.7 Å². The van der Waals surface area contributed by atoms with Gasteiger partial charge in [-0.3, -0.25) is 4.79 Å². The Kier molecular flexibility index (Phi) is 8.85. The first-order chi connectivity index (χ1) is 14.9. The van der Waals surface area contributed by atoms with Gasteiger partial charge in [-0.1, -0.05) is 44.1 Å². The van der Waals surface area contributed by atoms with E-state index in [0.29, 0.717) is 12.3 Å². The van der Waals surface area contributed by atoms with Crippen molar-refractivity contribution in [3.8, 4) is 0 Å². The quantitative estimate of drug-likeness (QED) is 0.244. The van der Waals surface area contributed by atoms with Crippen LogP contribution in [0.3, 0.4) is 0 Å². The summed E-state index contributed by atoms with van der Waals surface area (Å²) >= 11 is 0. The largest absolute Gasteiger partial charge is 0.466 e. The monoisotopic (exact) mass is 449 g/mol. The van der Waals surface area contributed by atoms with Crippen molar-refractivity contribution in [2.75, 3.05) is 7.11 Å². The number of rotatable bonds is 9. The van der Waals surface area contributed by atoms with Crippen molar-refractivity contribution in [3.63, 3.8) is 0 Å². The van der Waals surface area contributed by atoms with Gasteiger partial charge in [0.2, 0.25) is 0 Å². The van der Waals surface area contributed by atoms with Crippen LogP contribution in [-0.2, 0) is 14.3 Å². The molecule has 7 nitrogen and oxygen atoms in total. The van der Waals surface area contributed by atoms with Crippen LogP contribution >= 0.6 is 0 Å². The number of nitrogens with one attached hydrogen (secondary N) is 1. The molecule has 0 aromatic heterocycles. The molecule has 0 aromatic carbocycles. The lowest BCUT2D eigenvalue weighted by Crippen LogP contribution is -2.53. The van der Waals surface area contributed by atoms with Crippen LogP contribution in [-0.4, -0.2) is 58.2 Å². The Hall–Kier alpha value is -1.96. The molecule has 1 aliphatic heterocycles. The maximum Gasteiger partial charge on any atom is 0.330 e. The van der Waals surface area contributed by atoms with Crippen LogP contribution in [0.5, 0.6) is 0 Å². The Labute approximate surface area is 191 Å². The van der Waals surface area contributed by atoms with Crippen LogP contribution in [0.4, 0.5) is 0 Å².